The van der Waals surface area contributed by atoms with Gasteiger partial charge in [0.25, 0.3) is 5.91 Å². The summed E-state index contributed by atoms with van der Waals surface area (Å²) in [6.45, 7) is 0. The molecule has 2 N–H and O–H groups in total. The van der Waals surface area contributed by atoms with Gasteiger partial charge in [0.2, 0.25) is 0 Å². The lowest BCUT2D eigenvalue weighted by Gasteiger charge is -2.10. The van der Waals surface area contributed by atoms with Crippen LogP contribution in [0.3, 0.4) is 0 Å². The third kappa shape index (κ3) is 2.97. The Balaban J connectivity index is 1.63. The smallest absolute Gasteiger partial charge is 0.306 e. The molecule has 21 heavy (non-hydrogen) atoms. The van der Waals surface area contributed by atoms with E-state index < -0.39 is 5.97 Å². The molecule has 2 heterocycles. The number of carbonyl (C=O) groups excluding carboxylic acids is 1. The highest BCUT2D eigenvalue weighted by Crippen LogP contribution is 2.28. The van der Waals surface area contributed by atoms with Gasteiger partial charge in [-0.2, -0.15) is 0 Å². The van der Waals surface area contributed by atoms with Crippen molar-refractivity contribution in [2.45, 2.75) is 25.3 Å². The summed E-state index contributed by atoms with van der Waals surface area (Å²) in [6.07, 6.45) is 4.88. The molecular formula is C14H14N2O4S. The number of thiazole rings is 1. The van der Waals surface area contributed by atoms with Gasteiger partial charge in [0, 0.05) is 6.04 Å². The van der Waals surface area contributed by atoms with E-state index in [9.17, 15) is 9.59 Å². The Morgan fingerprint density at radius 1 is 1.43 bits per heavy atom. The molecule has 7 heteroatoms. The fourth-order valence-corrected chi connectivity index (χ4v) is 3.27. The average Bonchev–Trinajstić information content (AvgIpc) is 3.19. The summed E-state index contributed by atoms with van der Waals surface area (Å²) in [5, 5.41) is 12.5. The molecule has 1 fully saturated rings. The minimum Gasteiger partial charge on any atom is -0.481 e. The van der Waals surface area contributed by atoms with Crippen LogP contribution in [-0.4, -0.2) is 28.0 Å². The predicted octanol–water partition coefficient (Wildman–Crippen LogP) is 2.39. The first-order valence-corrected chi connectivity index (χ1v) is 7.48. The van der Waals surface area contributed by atoms with E-state index in [-0.39, 0.29) is 17.9 Å². The standard InChI is InChI=1S/C14H14N2O4S/c17-12(16-9-4-3-8(6-9)14(18)19)11-7-15-13(21-11)10-2-1-5-20-10/h1-2,5,7-9H,3-4,6H2,(H,16,17)(H,18,19)/t8-,9+/m0/s1. The van der Waals surface area contributed by atoms with Crippen LogP contribution in [0.25, 0.3) is 10.8 Å². The third-order valence-corrected chi connectivity index (χ3v) is 4.59. The van der Waals surface area contributed by atoms with Gasteiger partial charge in [-0.05, 0) is 31.4 Å². The lowest BCUT2D eigenvalue weighted by Crippen LogP contribution is -2.32. The van der Waals surface area contributed by atoms with Crippen LogP contribution >= 0.6 is 11.3 Å². The van der Waals surface area contributed by atoms with Crippen molar-refractivity contribution in [1.29, 1.82) is 0 Å². The highest BCUT2D eigenvalue weighted by Gasteiger charge is 2.31. The molecule has 0 bridgehead atoms. The molecule has 1 aliphatic rings. The summed E-state index contributed by atoms with van der Waals surface area (Å²) < 4.78 is 5.24. The molecule has 0 unspecified atom stereocenters. The highest BCUT2D eigenvalue weighted by atomic mass is 32.1. The molecule has 0 spiro atoms. The van der Waals surface area contributed by atoms with Crippen molar-refractivity contribution < 1.29 is 19.1 Å². The number of carbonyl (C=O) groups is 2. The van der Waals surface area contributed by atoms with Gasteiger partial charge in [0.1, 0.15) is 4.88 Å². The second-order valence-corrected chi connectivity index (χ2v) is 6.06. The van der Waals surface area contributed by atoms with Crippen molar-refractivity contribution in [3.8, 4) is 10.8 Å². The molecule has 0 aromatic carbocycles. The molecule has 6 nitrogen and oxygen atoms in total. The third-order valence-electron chi connectivity index (χ3n) is 3.58. The molecule has 110 valence electrons. The maximum Gasteiger partial charge on any atom is 0.306 e. The van der Waals surface area contributed by atoms with E-state index in [1.54, 1.807) is 18.4 Å². The zero-order valence-electron chi connectivity index (χ0n) is 11.1. The molecule has 0 aliphatic heterocycles. The second-order valence-electron chi connectivity index (χ2n) is 5.03. The summed E-state index contributed by atoms with van der Waals surface area (Å²) in [6, 6.07) is 3.48. The zero-order chi connectivity index (χ0) is 14.8. The first kappa shape index (κ1) is 13.8. The first-order chi connectivity index (χ1) is 10.1. The topological polar surface area (TPSA) is 92.4 Å². The molecule has 2 aromatic heterocycles. The van der Waals surface area contributed by atoms with E-state index in [0.717, 1.165) is 0 Å². The molecule has 1 amide bonds. The van der Waals surface area contributed by atoms with E-state index in [2.05, 4.69) is 10.3 Å². The number of hydrogen-bond donors (Lipinski definition) is 2. The number of furan rings is 1. The van der Waals surface area contributed by atoms with E-state index in [4.69, 9.17) is 9.52 Å². The van der Waals surface area contributed by atoms with Gasteiger partial charge >= 0.3 is 5.97 Å². The molecule has 0 radical (unpaired) electrons. The monoisotopic (exact) mass is 306 g/mol. The van der Waals surface area contributed by atoms with Crippen molar-refractivity contribution in [3.05, 3.63) is 29.5 Å². The normalized spacial score (nSPS) is 21.3. The van der Waals surface area contributed by atoms with E-state index >= 15 is 0 Å². The lowest BCUT2D eigenvalue weighted by molar-refractivity contribution is -0.141. The van der Waals surface area contributed by atoms with E-state index in [0.29, 0.717) is 34.9 Å². The summed E-state index contributed by atoms with van der Waals surface area (Å²) >= 11 is 1.26. The maximum atomic E-state index is 12.1. The summed E-state index contributed by atoms with van der Waals surface area (Å²) in [5.41, 5.74) is 0. The number of carboxylic acid groups (broad SMARTS) is 1. The van der Waals surface area contributed by atoms with Crippen LogP contribution in [0.2, 0.25) is 0 Å². The van der Waals surface area contributed by atoms with Crippen LogP contribution in [0.1, 0.15) is 28.9 Å². The Bertz CT molecular complexity index is 650. The van der Waals surface area contributed by atoms with Crippen LogP contribution in [0.4, 0.5) is 0 Å². The minimum absolute atomic E-state index is 0.0761. The summed E-state index contributed by atoms with van der Waals surface area (Å²) in [7, 11) is 0. The van der Waals surface area contributed by atoms with Crippen LogP contribution in [0, 0.1) is 5.92 Å². The summed E-state index contributed by atoms with van der Waals surface area (Å²) in [5.74, 6) is -0.715. The van der Waals surface area contributed by atoms with Gasteiger partial charge in [0.15, 0.2) is 10.8 Å². The first-order valence-electron chi connectivity index (χ1n) is 6.67. The number of hydrogen-bond acceptors (Lipinski definition) is 5. The molecular weight excluding hydrogens is 292 g/mol. The van der Waals surface area contributed by atoms with Crippen molar-refractivity contribution in [2.75, 3.05) is 0 Å². The number of amides is 1. The van der Waals surface area contributed by atoms with E-state index in [1.807, 2.05) is 0 Å². The molecule has 2 atom stereocenters. The second kappa shape index (κ2) is 5.69. The zero-order valence-corrected chi connectivity index (χ0v) is 11.9. The summed E-state index contributed by atoms with van der Waals surface area (Å²) in [4.78, 5) is 27.7. The highest BCUT2D eigenvalue weighted by molar-refractivity contribution is 7.16. The molecule has 2 aromatic rings. The Kier molecular flexibility index (Phi) is 3.74. The number of nitrogens with zero attached hydrogens (tertiary/aromatic N) is 1. The number of rotatable bonds is 4. The fourth-order valence-electron chi connectivity index (χ4n) is 2.49. The Morgan fingerprint density at radius 2 is 2.29 bits per heavy atom. The molecule has 1 saturated carbocycles. The van der Waals surface area contributed by atoms with Gasteiger partial charge in [-0.15, -0.1) is 11.3 Å². The van der Waals surface area contributed by atoms with Gasteiger partial charge in [-0.3, -0.25) is 9.59 Å². The number of nitrogens with one attached hydrogen (secondary N) is 1. The Labute approximate surface area is 124 Å². The van der Waals surface area contributed by atoms with Crippen LogP contribution in [0.15, 0.2) is 29.0 Å². The van der Waals surface area contributed by atoms with Crippen molar-refractivity contribution in [3.63, 3.8) is 0 Å². The minimum atomic E-state index is -0.787. The molecule has 0 saturated heterocycles. The number of aliphatic carboxylic acids is 1. The van der Waals surface area contributed by atoms with Crippen LogP contribution in [-0.2, 0) is 4.79 Å². The van der Waals surface area contributed by atoms with Crippen LogP contribution in [0.5, 0.6) is 0 Å². The fraction of sp³-hybridized carbons (Fsp3) is 0.357. The molecule has 3 rings (SSSR count). The number of carboxylic acids is 1. The number of aromatic nitrogens is 1. The van der Waals surface area contributed by atoms with E-state index in [1.165, 1.54) is 17.5 Å². The lowest BCUT2D eigenvalue weighted by atomic mass is 10.1. The molecule has 1 aliphatic carbocycles. The van der Waals surface area contributed by atoms with Gasteiger partial charge < -0.3 is 14.8 Å². The average molecular weight is 306 g/mol. The van der Waals surface area contributed by atoms with Crippen molar-refractivity contribution in [1.82, 2.24) is 10.3 Å². The van der Waals surface area contributed by atoms with Gasteiger partial charge in [0.05, 0.1) is 18.4 Å². The van der Waals surface area contributed by atoms with Gasteiger partial charge in [-0.25, -0.2) is 4.98 Å². The SMILES string of the molecule is O=C(N[C@@H]1CC[C@H](C(=O)O)C1)c1cnc(-c2ccco2)s1. The Morgan fingerprint density at radius 3 is 2.95 bits per heavy atom. The quantitative estimate of drug-likeness (QED) is 0.904. The largest absolute Gasteiger partial charge is 0.481 e. The van der Waals surface area contributed by atoms with Crippen molar-refractivity contribution in [2.24, 2.45) is 5.92 Å². The van der Waals surface area contributed by atoms with Gasteiger partial charge in [-0.1, -0.05) is 0 Å². The van der Waals surface area contributed by atoms with Crippen molar-refractivity contribution >= 4 is 23.2 Å². The Hall–Kier alpha value is -2.15. The maximum absolute atomic E-state index is 12.1. The predicted molar refractivity (Wildman–Crippen MR) is 76.0 cm³/mol. The van der Waals surface area contributed by atoms with Crippen LogP contribution < -0.4 is 5.32 Å².